The molecule has 0 bridgehead atoms. The molecule has 0 spiro atoms. The second-order valence-corrected chi connectivity index (χ2v) is 5.81. The van der Waals surface area contributed by atoms with Crippen LogP contribution in [0.25, 0.3) is 0 Å². The van der Waals surface area contributed by atoms with Crippen LogP contribution in [0.1, 0.15) is 39.5 Å². The van der Waals surface area contributed by atoms with Gasteiger partial charge >= 0.3 is 12.0 Å². The van der Waals surface area contributed by atoms with Crippen molar-refractivity contribution in [2.75, 3.05) is 13.1 Å². The first-order valence-electron chi connectivity index (χ1n) is 7.33. The van der Waals surface area contributed by atoms with Crippen molar-refractivity contribution in [3.05, 3.63) is 12.7 Å². The summed E-state index contributed by atoms with van der Waals surface area (Å²) in [6, 6.07) is -0.151. The Bertz CT molecular complexity index is 355. The summed E-state index contributed by atoms with van der Waals surface area (Å²) in [5.74, 6) is -0.0120. The Kier molecular flexibility index (Phi) is 6.55. The molecule has 0 aliphatic heterocycles. The Morgan fingerprint density at radius 1 is 1.40 bits per heavy atom. The van der Waals surface area contributed by atoms with Gasteiger partial charge in [-0.15, -0.1) is 6.58 Å². The van der Waals surface area contributed by atoms with Crippen molar-refractivity contribution in [2.24, 2.45) is 11.8 Å². The van der Waals surface area contributed by atoms with Crippen LogP contribution in [0.15, 0.2) is 12.7 Å². The fraction of sp³-hybridized carbons (Fsp3) is 0.733. The van der Waals surface area contributed by atoms with Gasteiger partial charge in [-0.1, -0.05) is 32.8 Å². The molecule has 2 unspecified atom stereocenters. The number of urea groups is 1. The number of carbonyl (C=O) groups excluding carboxylic acids is 1. The number of carbonyl (C=O) groups is 2. The third kappa shape index (κ3) is 4.87. The first kappa shape index (κ1) is 16.5. The summed E-state index contributed by atoms with van der Waals surface area (Å²) in [7, 11) is 0. The number of aliphatic carboxylic acids is 1. The normalized spacial score (nSPS) is 22.4. The van der Waals surface area contributed by atoms with Crippen LogP contribution >= 0.6 is 0 Å². The van der Waals surface area contributed by atoms with Gasteiger partial charge in [0.2, 0.25) is 0 Å². The van der Waals surface area contributed by atoms with E-state index in [0.29, 0.717) is 11.8 Å². The number of hydrogen-bond acceptors (Lipinski definition) is 2. The Morgan fingerprint density at radius 3 is 2.60 bits per heavy atom. The average molecular weight is 282 g/mol. The highest BCUT2D eigenvalue weighted by Crippen LogP contribution is 2.30. The lowest BCUT2D eigenvalue weighted by Gasteiger charge is -2.36. The molecule has 2 atom stereocenters. The number of nitrogens with one attached hydrogen (secondary N) is 1. The summed E-state index contributed by atoms with van der Waals surface area (Å²) in [5, 5.41) is 11.9. The number of amides is 2. The molecule has 0 aromatic heterocycles. The second kappa shape index (κ2) is 7.92. The molecule has 1 fully saturated rings. The van der Waals surface area contributed by atoms with Gasteiger partial charge in [0.15, 0.2) is 0 Å². The van der Waals surface area contributed by atoms with Gasteiger partial charge in [0.05, 0.1) is 0 Å². The number of rotatable bonds is 6. The molecule has 0 aromatic rings. The minimum atomic E-state index is -1.01. The maximum Gasteiger partial charge on any atom is 0.323 e. The molecule has 0 aromatic carbocycles. The minimum Gasteiger partial charge on any atom is -0.480 e. The molecule has 1 aliphatic rings. The van der Waals surface area contributed by atoms with Crippen LogP contribution in [0, 0.1) is 11.8 Å². The van der Waals surface area contributed by atoms with Gasteiger partial charge in [-0.25, -0.2) is 4.79 Å². The van der Waals surface area contributed by atoms with Gasteiger partial charge < -0.3 is 15.3 Å². The Hall–Kier alpha value is -1.52. The smallest absolute Gasteiger partial charge is 0.323 e. The van der Waals surface area contributed by atoms with E-state index in [1.165, 1.54) is 11.3 Å². The van der Waals surface area contributed by atoms with Crippen molar-refractivity contribution in [2.45, 2.75) is 45.6 Å². The lowest BCUT2D eigenvalue weighted by Crippen LogP contribution is -2.50. The van der Waals surface area contributed by atoms with Crippen LogP contribution in [-0.4, -0.2) is 41.1 Å². The predicted molar refractivity (Wildman–Crippen MR) is 78.5 cm³/mol. The van der Waals surface area contributed by atoms with Crippen molar-refractivity contribution in [3.63, 3.8) is 0 Å². The molecule has 0 heterocycles. The zero-order valence-corrected chi connectivity index (χ0v) is 12.5. The standard InChI is InChI=1S/C15H26N2O3/c1-4-9-17(10-14(18)19)15(20)16-13-8-6-5-7-12(13)11(2)3/h4,11-13H,1,5-10H2,2-3H3,(H,16,20)(H,18,19). The molecule has 2 amide bonds. The molecule has 2 N–H and O–H groups in total. The van der Waals surface area contributed by atoms with E-state index in [2.05, 4.69) is 25.7 Å². The first-order valence-corrected chi connectivity index (χ1v) is 7.33. The molecule has 0 radical (unpaired) electrons. The highest BCUT2D eigenvalue weighted by atomic mass is 16.4. The van der Waals surface area contributed by atoms with Gasteiger partial charge in [0.25, 0.3) is 0 Å². The molecule has 1 rings (SSSR count). The maximum absolute atomic E-state index is 12.2. The van der Waals surface area contributed by atoms with Gasteiger partial charge in [0, 0.05) is 12.6 Å². The van der Waals surface area contributed by atoms with Crippen molar-refractivity contribution < 1.29 is 14.7 Å². The highest BCUT2D eigenvalue weighted by molar-refractivity contribution is 5.80. The van der Waals surface area contributed by atoms with Crippen LogP contribution in [0.4, 0.5) is 4.79 Å². The van der Waals surface area contributed by atoms with Gasteiger partial charge in [-0.3, -0.25) is 4.79 Å². The lowest BCUT2D eigenvalue weighted by molar-refractivity contribution is -0.137. The molecule has 5 heteroatoms. The van der Waals surface area contributed by atoms with Gasteiger partial charge in [0.1, 0.15) is 6.54 Å². The van der Waals surface area contributed by atoms with Crippen molar-refractivity contribution in [1.82, 2.24) is 10.2 Å². The highest BCUT2D eigenvalue weighted by Gasteiger charge is 2.30. The zero-order chi connectivity index (χ0) is 15.1. The summed E-state index contributed by atoms with van der Waals surface area (Å²) >= 11 is 0. The lowest BCUT2D eigenvalue weighted by atomic mass is 9.78. The van der Waals surface area contributed by atoms with Crippen LogP contribution in [0.2, 0.25) is 0 Å². The molecule has 114 valence electrons. The van der Waals surface area contributed by atoms with Crippen molar-refractivity contribution in [1.29, 1.82) is 0 Å². The predicted octanol–water partition coefficient (Wildman–Crippen LogP) is 2.48. The van der Waals surface area contributed by atoms with E-state index >= 15 is 0 Å². The molecule has 20 heavy (non-hydrogen) atoms. The summed E-state index contributed by atoms with van der Waals surface area (Å²) in [6.45, 7) is 7.87. The van der Waals surface area contributed by atoms with E-state index in [9.17, 15) is 9.59 Å². The monoisotopic (exact) mass is 282 g/mol. The fourth-order valence-electron chi connectivity index (χ4n) is 2.92. The number of hydrogen-bond donors (Lipinski definition) is 2. The summed E-state index contributed by atoms with van der Waals surface area (Å²) in [6.07, 6.45) is 5.98. The van der Waals surface area contributed by atoms with E-state index in [1.54, 1.807) is 6.08 Å². The van der Waals surface area contributed by atoms with Crippen LogP contribution in [0.5, 0.6) is 0 Å². The van der Waals surface area contributed by atoms with E-state index in [-0.39, 0.29) is 25.2 Å². The molecular formula is C15H26N2O3. The molecular weight excluding hydrogens is 256 g/mol. The zero-order valence-electron chi connectivity index (χ0n) is 12.5. The molecule has 1 saturated carbocycles. The Labute approximate surface area is 121 Å². The van der Waals surface area contributed by atoms with Gasteiger partial charge in [-0.2, -0.15) is 0 Å². The Balaban J connectivity index is 2.64. The molecule has 5 nitrogen and oxygen atoms in total. The van der Waals surface area contributed by atoms with Crippen LogP contribution in [0.3, 0.4) is 0 Å². The average Bonchev–Trinajstić information content (AvgIpc) is 2.38. The summed E-state index contributed by atoms with van der Waals surface area (Å²) in [5.41, 5.74) is 0. The van der Waals surface area contributed by atoms with Crippen LogP contribution in [-0.2, 0) is 4.79 Å². The quantitative estimate of drug-likeness (QED) is 0.735. The van der Waals surface area contributed by atoms with Crippen molar-refractivity contribution in [3.8, 4) is 0 Å². The first-order chi connectivity index (χ1) is 9.45. The minimum absolute atomic E-state index is 0.150. The third-order valence-corrected chi connectivity index (χ3v) is 3.95. The SMILES string of the molecule is C=CCN(CC(=O)O)C(=O)NC1CCCCC1C(C)C. The maximum atomic E-state index is 12.2. The van der Waals surface area contributed by atoms with E-state index < -0.39 is 5.97 Å². The molecule has 0 saturated heterocycles. The van der Waals surface area contributed by atoms with Crippen molar-refractivity contribution >= 4 is 12.0 Å². The number of carboxylic acids is 1. The topological polar surface area (TPSA) is 69.6 Å². The second-order valence-electron chi connectivity index (χ2n) is 5.81. The number of nitrogens with zero attached hydrogens (tertiary/aromatic N) is 1. The van der Waals surface area contributed by atoms with Crippen LogP contribution < -0.4 is 5.32 Å². The van der Waals surface area contributed by atoms with Gasteiger partial charge in [-0.05, 0) is 24.7 Å². The third-order valence-electron chi connectivity index (χ3n) is 3.95. The fourth-order valence-corrected chi connectivity index (χ4v) is 2.92. The Morgan fingerprint density at radius 2 is 2.05 bits per heavy atom. The van der Waals surface area contributed by atoms with E-state index in [4.69, 9.17) is 5.11 Å². The van der Waals surface area contributed by atoms with E-state index in [1.807, 2.05) is 0 Å². The number of carboxylic acid groups (broad SMARTS) is 1. The summed E-state index contributed by atoms with van der Waals surface area (Å²) < 4.78 is 0. The van der Waals surface area contributed by atoms with E-state index in [0.717, 1.165) is 19.3 Å². The summed E-state index contributed by atoms with van der Waals surface area (Å²) in [4.78, 5) is 24.3. The molecule has 1 aliphatic carbocycles. The largest absolute Gasteiger partial charge is 0.480 e.